The van der Waals surface area contributed by atoms with E-state index in [2.05, 4.69) is 25.1 Å². The zero-order chi connectivity index (χ0) is 19.1. The molecule has 1 heterocycles. The molecule has 1 aliphatic rings. The number of ether oxygens (including phenoxy) is 2. The van der Waals surface area contributed by atoms with Crippen molar-refractivity contribution in [2.24, 2.45) is 0 Å². The normalized spacial score (nSPS) is 18.9. The first-order valence-corrected chi connectivity index (χ1v) is 9.11. The van der Waals surface area contributed by atoms with E-state index in [9.17, 15) is 9.59 Å². The fourth-order valence-corrected chi connectivity index (χ4v) is 4.03. The van der Waals surface area contributed by atoms with E-state index in [1.165, 1.54) is 13.8 Å². The molecule has 27 heavy (non-hydrogen) atoms. The van der Waals surface area contributed by atoms with Gasteiger partial charge in [-0.15, -0.1) is 0 Å². The van der Waals surface area contributed by atoms with Crippen molar-refractivity contribution in [2.75, 3.05) is 0 Å². The Labute approximate surface area is 157 Å². The van der Waals surface area contributed by atoms with E-state index in [1.807, 2.05) is 18.2 Å². The molecular weight excluding hydrogens is 342 g/mol. The number of aryl methyl sites for hydroxylation is 1. The zero-order valence-corrected chi connectivity index (χ0v) is 15.6. The van der Waals surface area contributed by atoms with Crippen LogP contribution in [0.15, 0.2) is 36.4 Å². The summed E-state index contributed by atoms with van der Waals surface area (Å²) in [5, 5.41) is 3.25. The third kappa shape index (κ3) is 3.03. The molecule has 0 fully saturated rings. The second kappa shape index (κ2) is 6.65. The van der Waals surface area contributed by atoms with Gasteiger partial charge in [0.05, 0.1) is 11.2 Å². The molecule has 0 unspecified atom stereocenters. The van der Waals surface area contributed by atoms with Crippen molar-refractivity contribution in [2.45, 2.75) is 45.8 Å². The molecule has 0 spiro atoms. The first-order chi connectivity index (χ1) is 13.0. The maximum atomic E-state index is 11.7. The number of hydrogen-bond acceptors (Lipinski definition) is 5. The van der Waals surface area contributed by atoms with E-state index in [0.29, 0.717) is 12.1 Å². The lowest BCUT2D eigenvalue weighted by Crippen LogP contribution is -2.33. The second-order valence-corrected chi connectivity index (χ2v) is 7.00. The fraction of sp³-hybridized carbons (Fsp3) is 0.318. The number of carbonyl (C=O) groups is 2. The van der Waals surface area contributed by atoms with Crippen molar-refractivity contribution < 1.29 is 19.1 Å². The van der Waals surface area contributed by atoms with Crippen LogP contribution >= 0.6 is 0 Å². The first-order valence-electron chi connectivity index (χ1n) is 9.11. The van der Waals surface area contributed by atoms with Gasteiger partial charge >= 0.3 is 11.9 Å². The minimum Gasteiger partial charge on any atom is -0.458 e. The molecule has 0 bridgehead atoms. The van der Waals surface area contributed by atoms with Crippen molar-refractivity contribution in [3.63, 3.8) is 0 Å². The van der Waals surface area contributed by atoms with Gasteiger partial charge in [-0.05, 0) is 36.3 Å². The minimum atomic E-state index is -0.683. The van der Waals surface area contributed by atoms with Gasteiger partial charge < -0.3 is 9.47 Å². The fourth-order valence-electron chi connectivity index (χ4n) is 4.03. The van der Waals surface area contributed by atoms with E-state index in [-0.39, 0.29) is 5.97 Å². The Balaban J connectivity index is 1.96. The van der Waals surface area contributed by atoms with Crippen LogP contribution in [0, 0.1) is 6.92 Å². The minimum absolute atomic E-state index is 0.386. The lowest BCUT2D eigenvalue weighted by atomic mass is 9.86. The summed E-state index contributed by atoms with van der Waals surface area (Å²) in [6, 6.07) is 12.3. The van der Waals surface area contributed by atoms with Crippen LogP contribution < -0.4 is 0 Å². The van der Waals surface area contributed by atoms with Crippen LogP contribution in [0.1, 0.15) is 43.2 Å². The first kappa shape index (κ1) is 17.5. The number of pyridine rings is 1. The van der Waals surface area contributed by atoms with Gasteiger partial charge in [-0.3, -0.25) is 9.59 Å². The molecule has 0 saturated carbocycles. The molecule has 0 radical (unpaired) electrons. The Morgan fingerprint density at radius 2 is 1.74 bits per heavy atom. The summed E-state index contributed by atoms with van der Waals surface area (Å²) in [6.07, 6.45) is 0.133. The summed E-state index contributed by atoms with van der Waals surface area (Å²) in [5.41, 5.74) is 3.79. The van der Waals surface area contributed by atoms with E-state index in [0.717, 1.165) is 39.2 Å². The SMILES string of the molecule is CC(=O)O[C@H]1CCc2c(nc3c(ccc4ccccc43)c2C)[C@@H]1OC(C)=O. The number of benzene rings is 2. The van der Waals surface area contributed by atoms with Gasteiger partial charge in [0.25, 0.3) is 0 Å². The van der Waals surface area contributed by atoms with E-state index in [1.54, 1.807) is 0 Å². The van der Waals surface area contributed by atoms with Gasteiger partial charge in [0, 0.05) is 24.6 Å². The predicted molar refractivity (Wildman–Crippen MR) is 102 cm³/mol. The largest absolute Gasteiger partial charge is 0.458 e. The zero-order valence-electron chi connectivity index (χ0n) is 15.6. The summed E-state index contributed by atoms with van der Waals surface area (Å²) in [7, 11) is 0. The highest BCUT2D eigenvalue weighted by molar-refractivity contribution is 6.06. The van der Waals surface area contributed by atoms with Gasteiger partial charge in [0.15, 0.2) is 6.10 Å². The third-order valence-electron chi connectivity index (χ3n) is 5.20. The van der Waals surface area contributed by atoms with Crippen LogP contribution in [-0.2, 0) is 25.5 Å². The average molecular weight is 363 g/mol. The highest BCUT2D eigenvalue weighted by Crippen LogP contribution is 2.39. The van der Waals surface area contributed by atoms with Crippen LogP contribution in [0.5, 0.6) is 0 Å². The molecule has 2 aromatic carbocycles. The number of hydrogen-bond donors (Lipinski definition) is 0. The smallest absolute Gasteiger partial charge is 0.303 e. The summed E-state index contributed by atoms with van der Waals surface area (Å²) in [5.74, 6) is -0.800. The van der Waals surface area contributed by atoms with Crippen LogP contribution in [0.25, 0.3) is 21.7 Å². The van der Waals surface area contributed by atoms with Crippen molar-refractivity contribution in [3.8, 4) is 0 Å². The Bertz CT molecular complexity index is 1070. The molecule has 138 valence electrons. The number of carbonyl (C=O) groups excluding carboxylic acids is 2. The predicted octanol–water partition coefficient (Wildman–Crippen LogP) is 4.18. The molecular formula is C22H21NO4. The molecule has 5 nitrogen and oxygen atoms in total. The number of esters is 2. The molecule has 1 aliphatic carbocycles. The molecule has 2 atom stereocenters. The molecule has 0 amide bonds. The Hall–Kier alpha value is -2.95. The molecule has 0 N–H and O–H groups in total. The van der Waals surface area contributed by atoms with Crippen LogP contribution in [0.3, 0.4) is 0 Å². The standard InChI is InChI=1S/C22H21NO4/c1-12-16-9-8-15-6-4-5-7-18(15)20(16)23-21-17(12)10-11-19(26-13(2)24)22(21)27-14(3)25/h4-9,19,22H,10-11H2,1-3H3/t19-,22+/m0/s1. The summed E-state index contributed by atoms with van der Waals surface area (Å²) in [4.78, 5) is 28.2. The molecule has 0 aliphatic heterocycles. The van der Waals surface area contributed by atoms with Crippen molar-refractivity contribution in [3.05, 3.63) is 53.2 Å². The lowest BCUT2D eigenvalue weighted by molar-refractivity contribution is -0.167. The Morgan fingerprint density at radius 1 is 1.00 bits per heavy atom. The van der Waals surface area contributed by atoms with Gasteiger partial charge in [-0.1, -0.05) is 36.4 Å². The Kier molecular flexibility index (Phi) is 4.30. The van der Waals surface area contributed by atoms with E-state index < -0.39 is 18.2 Å². The van der Waals surface area contributed by atoms with Gasteiger partial charge in [0.1, 0.15) is 6.10 Å². The molecule has 5 heteroatoms. The number of aromatic nitrogens is 1. The lowest BCUT2D eigenvalue weighted by Gasteiger charge is -2.32. The van der Waals surface area contributed by atoms with Gasteiger partial charge in [0.2, 0.25) is 0 Å². The second-order valence-electron chi connectivity index (χ2n) is 7.00. The number of rotatable bonds is 2. The summed E-state index contributed by atoms with van der Waals surface area (Å²) in [6.45, 7) is 4.81. The van der Waals surface area contributed by atoms with Crippen LogP contribution in [0.4, 0.5) is 0 Å². The highest BCUT2D eigenvalue weighted by Gasteiger charge is 2.37. The topological polar surface area (TPSA) is 65.5 Å². The summed E-state index contributed by atoms with van der Waals surface area (Å²) < 4.78 is 11.0. The van der Waals surface area contributed by atoms with E-state index >= 15 is 0 Å². The third-order valence-corrected chi connectivity index (χ3v) is 5.20. The monoisotopic (exact) mass is 363 g/mol. The van der Waals surface area contributed by atoms with Gasteiger partial charge in [-0.2, -0.15) is 0 Å². The van der Waals surface area contributed by atoms with Crippen LogP contribution in [-0.4, -0.2) is 23.0 Å². The number of nitrogens with zero attached hydrogens (tertiary/aromatic N) is 1. The highest BCUT2D eigenvalue weighted by atomic mass is 16.6. The molecule has 4 rings (SSSR count). The van der Waals surface area contributed by atoms with Gasteiger partial charge in [-0.25, -0.2) is 4.98 Å². The maximum absolute atomic E-state index is 11.7. The quantitative estimate of drug-likeness (QED) is 0.505. The molecule has 3 aromatic rings. The maximum Gasteiger partial charge on any atom is 0.303 e. The van der Waals surface area contributed by atoms with E-state index in [4.69, 9.17) is 14.5 Å². The van der Waals surface area contributed by atoms with Crippen LogP contribution in [0.2, 0.25) is 0 Å². The van der Waals surface area contributed by atoms with Crippen molar-refractivity contribution in [1.29, 1.82) is 0 Å². The summed E-state index contributed by atoms with van der Waals surface area (Å²) >= 11 is 0. The Morgan fingerprint density at radius 3 is 2.48 bits per heavy atom. The van der Waals surface area contributed by atoms with Crippen molar-refractivity contribution >= 4 is 33.6 Å². The molecule has 0 saturated heterocycles. The van der Waals surface area contributed by atoms with Crippen molar-refractivity contribution in [1.82, 2.24) is 4.98 Å². The average Bonchev–Trinajstić information content (AvgIpc) is 2.63. The molecule has 1 aromatic heterocycles. The number of fused-ring (bicyclic) bond motifs is 4.